The molecule has 0 aromatic heterocycles. The SMILES string of the molecule is O=C(OOC(=O)C(F)(F)C(F)(F)C(F)(F)C(F)(F)C(F)(F)C(F)(F)C(F)(F)C(F)(F)F)C(F)(F)C(F)(F)C(F)(F)C(F)(F)C(F)(F)C(F)(F)C(F)(F)C(F)(F)F. The van der Waals surface area contributed by atoms with Gasteiger partial charge in [-0.25, -0.2) is 19.4 Å². The van der Waals surface area contributed by atoms with Gasteiger partial charge in [0.2, 0.25) is 0 Å². The van der Waals surface area contributed by atoms with Crippen LogP contribution in [0.2, 0.25) is 0 Å². The van der Waals surface area contributed by atoms with Crippen LogP contribution in [-0.2, 0) is 19.4 Å². The average Bonchev–Trinajstić information content (AvgIpc) is 2.96. The number of rotatable bonds is 14. The van der Waals surface area contributed by atoms with Gasteiger partial charge in [-0.2, -0.15) is 149 Å². The molecule has 0 saturated heterocycles. The van der Waals surface area contributed by atoms with E-state index in [-0.39, 0.29) is 0 Å². The highest BCUT2D eigenvalue weighted by molar-refractivity contribution is 5.82. The third-order valence-electron chi connectivity index (χ3n) is 6.15. The first-order valence-electron chi connectivity index (χ1n) is 11.4. The Morgan fingerprint density at radius 2 is 0.339 bits per heavy atom. The zero-order valence-electron chi connectivity index (χ0n) is 23.5. The smallest absolute Gasteiger partial charge is 0.240 e. The molecule has 0 N–H and O–H groups in total. The van der Waals surface area contributed by atoms with E-state index in [9.17, 15) is 159 Å². The Hall–Kier alpha value is -3.44. The molecule has 0 heterocycles. The summed E-state index contributed by atoms with van der Waals surface area (Å²) in [5.41, 5.74) is 0. The average molecular weight is 926 g/mol. The standard InChI is InChI=1S/C18F34O4/c19-3(20,5(23,24)7(27,28)9(31,32)11(35,36)13(39,40)15(43,44)17(47,48)49)1(53)55-56-2(54)4(21,22)6(25,26)8(29,30)10(33,34)12(37,38)14(41,42)16(45,46)18(50,51)52. The zero-order chi connectivity index (χ0) is 46.6. The summed E-state index contributed by atoms with van der Waals surface area (Å²) in [6.45, 7) is 0. The maximum absolute atomic E-state index is 13.7. The first-order chi connectivity index (χ1) is 23.5. The van der Waals surface area contributed by atoms with Gasteiger partial charge in [0.15, 0.2) is 0 Å². The number of hydrogen-bond donors (Lipinski definition) is 0. The molecular formula is C18F34O4. The maximum atomic E-state index is 13.7. The molecule has 4 nitrogen and oxygen atoms in total. The van der Waals surface area contributed by atoms with E-state index in [0.717, 1.165) is 0 Å². The molecule has 0 atom stereocenters. The van der Waals surface area contributed by atoms with E-state index in [2.05, 4.69) is 0 Å². The molecule has 0 aromatic rings. The Kier molecular flexibility index (Phi) is 12.2. The molecule has 0 unspecified atom stereocenters. The number of halogens is 34. The third kappa shape index (κ3) is 6.38. The summed E-state index contributed by atoms with van der Waals surface area (Å²) < 4.78 is 447. The van der Waals surface area contributed by atoms with Gasteiger partial charge in [-0.3, -0.25) is 0 Å². The molecule has 56 heavy (non-hydrogen) atoms. The van der Waals surface area contributed by atoms with Crippen LogP contribution in [0.25, 0.3) is 0 Å². The molecule has 0 aliphatic heterocycles. The Balaban J connectivity index is 6.91. The van der Waals surface area contributed by atoms with Crippen LogP contribution in [0.3, 0.4) is 0 Å². The summed E-state index contributed by atoms with van der Waals surface area (Å²) >= 11 is 0. The first kappa shape index (κ1) is 52.6. The molecule has 0 radical (unpaired) electrons. The largest absolute Gasteiger partial charge is 0.460 e. The molecule has 334 valence electrons. The molecule has 0 aliphatic rings. The second-order valence-corrected chi connectivity index (χ2v) is 9.78. The number of alkyl halides is 34. The van der Waals surface area contributed by atoms with Gasteiger partial charge in [0.25, 0.3) is 0 Å². The zero-order valence-corrected chi connectivity index (χ0v) is 23.5. The van der Waals surface area contributed by atoms with E-state index in [1.54, 1.807) is 9.78 Å². The van der Waals surface area contributed by atoms with Gasteiger partial charge in [-0.05, 0) is 0 Å². The molecule has 0 aromatic carbocycles. The lowest BCUT2D eigenvalue weighted by Gasteiger charge is -2.42. The number of carbonyl (C=O) groups excluding carboxylic acids is 2. The van der Waals surface area contributed by atoms with Crippen LogP contribution in [0.15, 0.2) is 0 Å². The van der Waals surface area contributed by atoms with Crippen molar-refractivity contribution in [3.63, 3.8) is 0 Å². The summed E-state index contributed by atoms with van der Waals surface area (Å²) in [4.78, 5) is 25.0. The lowest BCUT2D eigenvalue weighted by Crippen LogP contribution is -2.75. The molecule has 0 rings (SSSR count). The molecule has 0 fully saturated rings. The van der Waals surface area contributed by atoms with Crippen molar-refractivity contribution in [2.75, 3.05) is 0 Å². The second-order valence-electron chi connectivity index (χ2n) is 9.78. The molecule has 0 saturated carbocycles. The van der Waals surface area contributed by atoms with Crippen molar-refractivity contribution in [1.29, 1.82) is 0 Å². The van der Waals surface area contributed by atoms with Crippen LogP contribution in [0, 0.1) is 0 Å². The summed E-state index contributed by atoms with van der Waals surface area (Å²) in [6.07, 6.45) is -16.5. The van der Waals surface area contributed by atoms with Crippen molar-refractivity contribution < 1.29 is 169 Å². The third-order valence-corrected chi connectivity index (χ3v) is 6.15. The van der Waals surface area contributed by atoms with Crippen LogP contribution in [0.4, 0.5) is 149 Å². The lowest BCUT2D eigenvalue weighted by atomic mass is 9.89. The normalized spacial score (nSPS) is 16.5. The van der Waals surface area contributed by atoms with Crippen molar-refractivity contribution >= 4 is 11.9 Å². The molecule has 38 heteroatoms. The summed E-state index contributed by atoms with van der Waals surface area (Å²) in [5.74, 6) is -139. The highest BCUT2D eigenvalue weighted by atomic mass is 19.4. The van der Waals surface area contributed by atoms with Gasteiger partial charge < -0.3 is 0 Å². The van der Waals surface area contributed by atoms with Crippen molar-refractivity contribution in [2.24, 2.45) is 0 Å². The Bertz CT molecular complexity index is 1370. The summed E-state index contributed by atoms with van der Waals surface area (Å²) in [7, 11) is 0. The highest BCUT2D eigenvalue weighted by Crippen LogP contribution is 2.66. The Morgan fingerprint density at radius 3 is 0.482 bits per heavy atom. The fourth-order valence-corrected chi connectivity index (χ4v) is 2.76. The van der Waals surface area contributed by atoms with E-state index in [4.69, 9.17) is 0 Å². The molecule has 0 aliphatic carbocycles. The minimum atomic E-state index is -9.49. The van der Waals surface area contributed by atoms with Gasteiger partial charge in [0, 0.05) is 0 Å². The summed E-state index contributed by atoms with van der Waals surface area (Å²) in [5, 5.41) is 0. The van der Waals surface area contributed by atoms with Gasteiger partial charge in [0.05, 0.1) is 0 Å². The van der Waals surface area contributed by atoms with Gasteiger partial charge >= 0.3 is 107 Å². The second kappa shape index (κ2) is 13.0. The van der Waals surface area contributed by atoms with Crippen molar-refractivity contribution in [1.82, 2.24) is 0 Å². The Labute approximate surface area is 277 Å². The Morgan fingerprint density at radius 1 is 0.214 bits per heavy atom. The lowest BCUT2D eigenvalue weighted by molar-refractivity contribution is -0.461. The minimum absolute atomic E-state index is 1.56. The van der Waals surface area contributed by atoms with Crippen molar-refractivity contribution in [3.8, 4) is 0 Å². The van der Waals surface area contributed by atoms with E-state index >= 15 is 0 Å². The van der Waals surface area contributed by atoms with E-state index < -0.39 is 107 Å². The molecule has 0 bridgehead atoms. The monoisotopic (exact) mass is 926 g/mol. The quantitative estimate of drug-likeness (QED) is 0.0990. The van der Waals surface area contributed by atoms with Crippen LogP contribution in [-0.4, -0.2) is 107 Å². The summed E-state index contributed by atoms with van der Waals surface area (Å²) in [6, 6.07) is 0. The molecule has 0 spiro atoms. The van der Waals surface area contributed by atoms with E-state index in [1.807, 2.05) is 0 Å². The van der Waals surface area contributed by atoms with Crippen LogP contribution < -0.4 is 0 Å². The number of carbonyl (C=O) groups is 2. The predicted molar refractivity (Wildman–Crippen MR) is 93.6 cm³/mol. The minimum Gasteiger partial charge on any atom is -0.240 e. The number of hydrogen-bond acceptors (Lipinski definition) is 4. The molecule has 0 amide bonds. The van der Waals surface area contributed by atoms with E-state index in [0.29, 0.717) is 0 Å². The van der Waals surface area contributed by atoms with Gasteiger partial charge in [-0.15, -0.1) is 0 Å². The highest BCUT2D eigenvalue weighted by Gasteiger charge is 2.98. The fraction of sp³-hybridized carbons (Fsp3) is 0.889. The van der Waals surface area contributed by atoms with Crippen molar-refractivity contribution in [3.05, 3.63) is 0 Å². The fourth-order valence-electron chi connectivity index (χ4n) is 2.76. The van der Waals surface area contributed by atoms with Crippen molar-refractivity contribution in [2.45, 2.75) is 95.3 Å². The maximum Gasteiger partial charge on any atom is 0.460 e. The van der Waals surface area contributed by atoms with Crippen LogP contribution >= 0.6 is 0 Å². The van der Waals surface area contributed by atoms with Gasteiger partial charge in [-0.1, -0.05) is 0 Å². The van der Waals surface area contributed by atoms with Gasteiger partial charge in [0.1, 0.15) is 0 Å². The first-order valence-corrected chi connectivity index (χ1v) is 11.4. The predicted octanol–water partition coefficient (Wildman–Crippen LogP) is 10.0. The van der Waals surface area contributed by atoms with Crippen LogP contribution in [0.5, 0.6) is 0 Å². The van der Waals surface area contributed by atoms with E-state index in [1.165, 1.54) is 0 Å². The van der Waals surface area contributed by atoms with Crippen LogP contribution in [0.1, 0.15) is 0 Å². The topological polar surface area (TPSA) is 52.6 Å². The molecular weight excluding hydrogens is 926 g/mol.